The van der Waals surface area contributed by atoms with Gasteiger partial charge >= 0.3 is 0 Å². The summed E-state index contributed by atoms with van der Waals surface area (Å²) in [4.78, 5) is 4.46. The fourth-order valence-corrected chi connectivity index (χ4v) is 2.60. The van der Waals surface area contributed by atoms with Crippen LogP contribution in [-0.4, -0.2) is 18.1 Å². The summed E-state index contributed by atoms with van der Waals surface area (Å²) in [5.41, 5.74) is 2.12. The Morgan fingerprint density at radius 2 is 2.22 bits per heavy atom. The summed E-state index contributed by atoms with van der Waals surface area (Å²) < 4.78 is 13.1. The summed E-state index contributed by atoms with van der Waals surface area (Å²) >= 11 is 1.67. The zero-order valence-electron chi connectivity index (χ0n) is 10.6. The molecule has 0 spiro atoms. The lowest BCUT2D eigenvalue weighted by molar-refractivity contribution is 0.548. The van der Waals surface area contributed by atoms with E-state index in [-0.39, 0.29) is 11.9 Å². The van der Waals surface area contributed by atoms with Crippen molar-refractivity contribution in [2.45, 2.75) is 25.8 Å². The monoisotopic (exact) mass is 264 g/mol. The van der Waals surface area contributed by atoms with E-state index in [1.165, 1.54) is 6.07 Å². The fraction of sp³-hybridized carbons (Fsp3) is 0.357. The molecule has 1 heterocycles. The molecule has 0 aliphatic carbocycles. The first-order chi connectivity index (χ1) is 8.67. The fourth-order valence-electron chi connectivity index (χ4n) is 1.98. The smallest absolute Gasteiger partial charge is 0.123 e. The van der Waals surface area contributed by atoms with Gasteiger partial charge in [0.2, 0.25) is 0 Å². The number of thiazole rings is 1. The minimum atomic E-state index is -0.174. The molecular weight excluding hydrogens is 247 g/mol. The highest BCUT2D eigenvalue weighted by Gasteiger charge is 2.10. The van der Waals surface area contributed by atoms with Crippen molar-refractivity contribution in [1.29, 1.82) is 0 Å². The number of aromatic nitrogens is 1. The predicted octanol–water partition coefficient (Wildman–Crippen LogP) is 2.96. The summed E-state index contributed by atoms with van der Waals surface area (Å²) in [6.07, 6.45) is 1.68. The number of likely N-dealkylation sites (N-methyl/N-ethyl adjacent to an activating group) is 1. The second kappa shape index (κ2) is 6.07. The average Bonchev–Trinajstić information content (AvgIpc) is 2.74. The van der Waals surface area contributed by atoms with Crippen LogP contribution in [0.4, 0.5) is 4.39 Å². The maximum Gasteiger partial charge on any atom is 0.123 e. The van der Waals surface area contributed by atoms with E-state index in [1.54, 1.807) is 23.5 Å². The zero-order chi connectivity index (χ0) is 13.0. The summed E-state index contributed by atoms with van der Waals surface area (Å²) in [6, 6.07) is 7.07. The van der Waals surface area contributed by atoms with Gasteiger partial charge in [-0.05, 0) is 38.1 Å². The van der Waals surface area contributed by atoms with Gasteiger partial charge in [-0.25, -0.2) is 9.37 Å². The molecule has 0 radical (unpaired) electrons. The number of halogens is 1. The summed E-state index contributed by atoms with van der Waals surface area (Å²) in [5.74, 6) is -0.174. The number of hydrogen-bond donors (Lipinski definition) is 1. The molecule has 2 rings (SSSR count). The Balaban J connectivity index is 2.01. The van der Waals surface area contributed by atoms with Crippen LogP contribution in [0.15, 0.2) is 29.6 Å². The van der Waals surface area contributed by atoms with Crippen molar-refractivity contribution in [3.63, 3.8) is 0 Å². The van der Waals surface area contributed by atoms with Crippen LogP contribution in [0, 0.1) is 12.7 Å². The molecule has 0 aliphatic heterocycles. The van der Waals surface area contributed by atoms with E-state index in [1.807, 2.05) is 20.0 Å². The molecule has 4 heteroatoms. The maximum atomic E-state index is 13.1. The number of nitrogens with one attached hydrogen (secondary N) is 1. The molecule has 1 aromatic carbocycles. The van der Waals surface area contributed by atoms with Crippen LogP contribution >= 0.6 is 11.3 Å². The van der Waals surface area contributed by atoms with Gasteiger partial charge in [-0.2, -0.15) is 0 Å². The van der Waals surface area contributed by atoms with Crippen molar-refractivity contribution in [3.05, 3.63) is 51.7 Å². The van der Waals surface area contributed by atoms with Crippen molar-refractivity contribution in [2.24, 2.45) is 0 Å². The Bertz CT molecular complexity index is 510. The van der Waals surface area contributed by atoms with Crippen LogP contribution in [0.3, 0.4) is 0 Å². The molecule has 0 bridgehead atoms. The standard InChI is InChI=1S/C14H17FN2S/c1-10-17-14(9-18-10)8-13(16-2)7-11-4-3-5-12(15)6-11/h3-6,9,13,16H,7-8H2,1-2H3. The van der Waals surface area contributed by atoms with E-state index in [0.717, 1.165) is 29.1 Å². The van der Waals surface area contributed by atoms with E-state index in [9.17, 15) is 4.39 Å². The molecule has 0 saturated carbocycles. The van der Waals surface area contributed by atoms with E-state index in [4.69, 9.17) is 0 Å². The Labute approximate surface area is 111 Å². The highest BCUT2D eigenvalue weighted by Crippen LogP contribution is 2.13. The van der Waals surface area contributed by atoms with Gasteiger partial charge in [0.15, 0.2) is 0 Å². The molecule has 0 amide bonds. The van der Waals surface area contributed by atoms with Crippen LogP contribution < -0.4 is 5.32 Å². The molecule has 1 aromatic heterocycles. The second-order valence-electron chi connectivity index (χ2n) is 4.38. The van der Waals surface area contributed by atoms with Gasteiger partial charge in [0.25, 0.3) is 0 Å². The number of nitrogens with zero attached hydrogens (tertiary/aromatic N) is 1. The van der Waals surface area contributed by atoms with Crippen molar-refractivity contribution in [1.82, 2.24) is 10.3 Å². The van der Waals surface area contributed by atoms with Gasteiger partial charge in [-0.15, -0.1) is 11.3 Å². The summed E-state index contributed by atoms with van der Waals surface area (Å²) in [6.45, 7) is 2.01. The molecule has 18 heavy (non-hydrogen) atoms. The van der Waals surface area contributed by atoms with Gasteiger partial charge in [0.05, 0.1) is 10.7 Å². The van der Waals surface area contributed by atoms with E-state index >= 15 is 0 Å². The number of benzene rings is 1. The van der Waals surface area contributed by atoms with E-state index in [2.05, 4.69) is 15.7 Å². The maximum absolute atomic E-state index is 13.1. The Morgan fingerprint density at radius 3 is 2.83 bits per heavy atom. The lowest BCUT2D eigenvalue weighted by atomic mass is 10.0. The molecule has 2 nitrogen and oxygen atoms in total. The van der Waals surface area contributed by atoms with Gasteiger partial charge < -0.3 is 5.32 Å². The SMILES string of the molecule is CNC(Cc1cccc(F)c1)Cc1csc(C)n1. The van der Waals surface area contributed by atoms with Crippen LogP contribution in [0.5, 0.6) is 0 Å². The third-order valence-corrected chi connectivity index (χ3v) is 3.72. The summed E-state index contributed by atoms with van der Waals surface area (Å²) in [7, 11) is 1.93. The van der Waals surface area contributed by atoms with Crippen molar-refractivity contribution in [2.75, 3.05) is 7.05 Å². The third-order valence-electron chi connectivity index (χ3n) is 2.90. The van der Waals surface area contributed by atoms with E-state index < -0.39 is 0 Å². The van der Waals surface area contributed by atoms with Crippen LogP contribution in [0.2, 0.25) is 0 Å². The van der Waals surface area contributed by atoms with Gasteiger partial charge in [0.1, 0.15) is 5.82 Å². The topological polar surface area (TPSA) is 24.9 Å². The predicted molar refractivity (Wildman–Crippen MR) is 73.5 cm³/mol. The molecule has 1 atom stereocenters. The van der Waals surface area contributed by atoms with Crippen LogP contribution in [-0.2, 0) is 12.8 Å². The minimum Gasteiger partial charge on any atom is -0.316 e. The first-order valence-electron chi connectivity index (χ1n) is 6.00. The Morgan fingerprint density at radius 1 is 1.39 bits per heavy atom. The minimum absolute atomic E-state index is 0.174. The highest BCUT2D eigenvalue weighted by molar-refractivity contribution is 7.09. The molecule has 1 N–H and O–H groups in total. The second-order valence-corrected chi connectivity index (χ2v) is 5.44. The van der Waals surface area contributed by atoms with Crippen molar-refractivity contribution >= 4 is 11.3 Å². The first-order valence-corrected chi connectivity index (χ1v) is 6.88. The highest BCUT2D eigenvalue weighted by atomic mass is 32.1. The third kappa shape index (κ3) is 3.62. The lowest BCUT2D eigenvalue weighted by Gasteiger charge is -2.15. The largest absolute Gasteiger partial charge is 0.316 e. The van der Waals surface area contributed by atoms with Gasteiger partial charge in [0, 0.05) is 17.8 Å². The molecular formula is C14H17FN2S. The number of rotatable bonds is 5. The normalized spacial score (nSPS) is 12.6. The quantitative estimate of drug-likeness (QED) is 0.898. The zero-order valence-corrected chi connectivity index (χ0v) is 11.4. The molecule has 0 fully saturated rings. The first kappa shape index (κ1) is 13.2. The molecule has 1 unspecified atom stereocenters. The van der Waals surface area contributed by atoms with Gasteiger partial charge in [-0.3, -0.25) is 0 Å². The molecule has 96 valence electrons. The molecule has 2 aromatic rings. The van der Waals surface area contributed by atoms with Crippen molar-refractivity contribution < 1.29 is 4.39 Å². The van der Waals surface area contributed by atoms with Crippen molar-refractivity contribution in [3.8, 4) is 0 Å². The summed E-state index contributed by atoms with van der Waals surface area (Å²) in [5, 5.41) is 6.45. The number of aryl methyl sites for hydroxylation is 1. The molecule has 0 saturated heterocycles. The Hall–Kier alpha value is -1.26. The number of hydrogen-bond acceptors (Lipinski definition) is 3. The van der Waals surface area contributed by atoms with Crippen LogP contribution in [0.25, 0.3) is 0 Å². The average molecular weight is 264 g/mol. The van der Waals surface area contributed by atoms with Gasteiger partial charge in [-0.1, -0.05) is 12.1 Å². The molecule has 0 aliphatic rings. The lowest BCUT2D eigenvalue weighted by Crippen LogP contribution is -2.30. The van der Waals surface area contributed by atoms with Crippen LogP contribution in [0.1, 0.15) is 16.3 Å². The Kier molecular flexibility index (Phi) is 4.44. The van der Waals surface area contributed by atoms with E-state index in [0.29, 0.717) is 0 Å².